The molecule has 1 fully saturated rings. The minimum Gasteiger partial charge on any atom is -0.383 e. The molecule has 0 spiro atoms. The Morgan fingerprint density at radius 2 is 2.03 bits per heavy atom. The van der Waals surface area contributed by atoms with Gasteiger partial charge in [0.1, 0.15) is 17.3 Å². The van der Waals surface area contributed by atoms with Gasteiger partial charge in [0, 0.05) is 36.8 Å². The number of amides is 1. The van der Waals surface area contributed by atoms with Crippen molar-refractivity contribution in [2.75, 3.05) is 43.5 Å². The van der Waals surface area contributed by atoms with Gasteiger partial charge in [-0.25, -0.2) is 9.37 Å². The average molecular weight is 455 g/mol. The highest BCUT2D eigenvalue weighted by Gasteiger charge is 2.28. The summed E-state index contributed by atoms with van der Waals surface area (Å²) in [6.07, 6.45) is 1.66. The molecule has 10 heteroatoms. The number of nitrogens with one attached hydrogen (secondary N) is 1. The van der Waals surface area contributed by atoms with E-state index in [9.17, 15) is 4.79 Å². The molecule has 1 amide bonds. The van der Waals surface area contributed by atoms with E-state index in [2.05, 4.69) is 15.0 Å². The molecule has 9 nitrogen and oxygen atoms in total. The predicted molar refractivity (Wildman–Crippen MR) is 121 cm³/mol. The Balaban J connectivity index is 1.42. The smallest absolute Gasteiger partial charge is 0.270 e. The number of ether oxygens (including phenoxy) is 2. The largest absolute Gasteiger partial charge is 0.383 e. The molecular weight excluding hydrogens is 427 g/mol. The molecule has 3 aromatic rings. The monoisotopic (exact) mass is 454 g/mol. The summed E-state index contributed by atoms with van der Waals surface area (Å²) in [5.74, 6) is -0.271. The van der Waals surface area contributed by atoms with Crippen LogP contribution in [0.15, 0.2) is 18.3 Å². The van der Waals surface area contributed by atoms with Crippen LogP contribution in [0.25, 0.3) is 11.0 Å². The highest BCUT2D eigenvalue weighted by molar-refractivity contribution is 5.98. The number of aromatic nitrogens is 3. The second-order valence-corrected chi connectivity index (χ2v) is 8.32. The first-order valence-corrected chi connectivity index (χ1v) is 11.1. The quantitative estimate of drug-likeness (QED) is 0.610. The number of aromatic amines is 1. The fraction of sp³-hybridized carbons (Fsp3) is 0.435. The van der Waals surface area contributed by atoms with Gasteiger partial charge in [-0.1, -0.05) is 0 Å². The second kappa shape index (κ2) is 8.60. The number of hydrogen-bond acceptors (Lipinski definition) is 7. The summed E-state index contributed by atoms with van der Waals surface area (Å²) in [6.45, 7) is 7.48. The molecule has 5 rings (SSSR count). The van der Waals surface area contributed by atoms with E-state index < -0.39 is 11.9 Å². The lowest BCUT2D eigenvalue weighted by Crippen LogP contribution is -2.37. The lowest BCUT2D eigenvalue weighted by molar-refractivity contribution is 0.0691. The van der Waals surface area contributed by atoms with Gasteiger partial charge in [-0.2, -0.15) is 0 Å². The number of anilines is 2. The molecule has 3 N–H and O–H groups in total. The van der Waals surface area contributed by atoms with Gasteiger partial charge in [-0.15, -0.1) is 0 Å². The number of rotatable bonds is 5. The van der Waals surface area contributed by atoms with Gasteiger partial charge in [0.25, 0.3) is 5.91 Å². The van der Waals surface area contributed by atoms with E-state index in [0.717, 1.165) is 22.3 Å². The number of carbonyl (C=O) groups excluding carboxylic acids is 1. The van der Waals surface area contributed by atoms with Gasteiger partial charge in [0.2, 0.25) is 0 Å². The molecule has 2 aliphatic rings. The summed E-state index contributed by atoms with van der Waals surface area (Å²) in [5, 5.41) is 0. The van der Waals surface area contributed by atoms with Crippen molar-refractivity contribution in [1.29, 1.82) is 0 Å². The molecule has 2 aliphatic heterocycles. The zero-order chi connectivity index (χ0) is 23.1. The van der Waals surface area contributed by atoms with Crippen LogP contribution in [-0.4, -0.2) is 58.6 Å². The maximum Gasteiger partial charge on any atom is 0.270 e. The summed E-state index contributed by atoms with van der Waals surface area (Å²) < 4.78 is 25.9. The van der Waals surface area contributed by atoms with Gasteiger partial charge in [-0.05, 0) is 19.9 Å². The van der Waals surface area contributed by atoms with Gasteiger partial charge in [0.05, 0.1) is 61.1 Å². The average Bonchev–Trinajstić information content (AvgIpc) is 3.47. The summed E-state index contributed by atoms with van der Waals surface area (Å²) in [5.41, 5.74) is 10.5. The van der Waals surface area contributed by atoms with Crippen LogP contribution in [0.4, 0.5) is 15.9 Å². The first kappa shape index (κ1) is 21.6. The summed E-state index contributed by atoms with van der Waals surface area (Å²) in [4.78, 5) is 29.0. The zero-order valence-corrected chi connectivity index (χ0v) is 18.7. The third kappa shape index (κ3) is 3.79. The summed E-state index contributed by atoms with van der Waals surface area (Å²) in [6, 6.07) is 2.62. The highest BCUT2D eigenvalue weighted by atomic mass is 19.1. The molecule has 0 radical (unpaired) electrons. The molecule has 33 heavy (non-hydrogen) atoms. The van der Waals surface area contributed by atoms with Crippen LogP contribution in [-0.2, 0) is 22.7 Å². The Kier molecular flexibility index (Phi) is 5.63. The minimum absolute atomic E-state index is 0.231. The Labute approximate surface area is 190 Å². The second-order valence-electron chi connectivity index (χ2n) is 8.32. The summed E-state index contributed by atoms with van der Waals surface area (Å²) in [7, 11) is 0. The number of nitrogen functional groups attached to an aromatic ring is 1. The minimum atomic E-state index is -0.556. The fourth-order valence-electron chi connectivity index (χ4n) is 4.59. The molecule has 174 valence electrons. The van der Waals surface area contributed by atoms with Crippen molar-refractivity contribution in [3.8, 4) is 0 Å². The summed E-state index contributed by atoms with van der Waals surface area (Å²) >= 11 is 0. The van der Waals surface area contributed by atoms with E-state index in [1.807, 2.05) is 11.8 Å². The molecular formula is C23H27FN6O3. The van der Waals surface area contributed by atoms with Crippen molar-refractivity contribution >= 4 is 28.4 Å². The molecule has 3 aromatic heterocycles. The Morgan fingerprint density at radius 3 is 2.76 bits per heavy atom. The molecule has 5 heterocycles. The number of fused-ring (bicyclic) bond motifs is 3. The number of nitrogens with two attached hydrogens (primary N) is 1. The lowest BCUT2D eigenvalue weighted by Gasteiger charge is -2.30. The van der Waals surface area contributed by atoms with E-state index in [1.54, 1.807) is 24.1 Å². The van der Waals surface area contributed by atoms with Crippen molar-refractivity contribution < 1.29 is 18.7 Å². The van der Waals surface area contributed by atoms with Gasteiger partial charge in [-0.3, -0.25) is 9.78 Å². The third-order valence-electron chi connectivity index (χ3n) is 6.43. The maximum absolute atomic E-state index is 15.1. The lowest BCUT2D eigenvalue weighted by atomic mass is 10.1. The van der Waals surface area contributed by atoms with Crippen molar-refractivity contribution in [3.63, 3.8) is 0 Å². The number of hydrogen-bond donors (Lipinski definition) is 2. The molecule has 0 unspecified atom stereocenters. The van der Waals surface area contributed by atoms with Crippen LogP contribution >= 0.6 is 0 Å². The van der Waals surface area contributed by atoms with Crippen molar-refractivity contribution in [2.45, 2.75) is 33.1 Å². The molecule has 0 bridgehead atoms. The molecule has 1 atom stereocenters. The van der Waals surface area contributed by atoms with Crippen LogP contribution in [0.2, 0.25) is 0 Å². The number of pyridine rings is 2. The predicted octanol–water partition coefficient (Wildman–Crippen LogP) is 2.77. The van der Waals surface area contributed by atoms with Crippen molar-refractivity contribution in [3.05, 3.63) is 46.7 Å². The van der Waals surface area contributed by atoms with Crippen LogP contribution in [0, 0.1) is 5.82 Å². The SMILES string of the molecule is CCN(C(=O)c1cc2nc(N)c3c(c2[nH]1)COC3)[C@H](C)c1ncc(N2CCOCC2)cc1F. The number of carbonyl (C=O) groups is 1. The Hall–Kier alpha value is -3.24. The number of nitrogens with zero attached hydrogens (tertiary/aromatic N) is 4. The van der Waals surface area contributed by atoms with Crippen LogP contribution in [0.5, 0.6) is 0 Å². The van der Waals surface area contributed by atoms with Gasteiger partial charge in [0.15, 0.2) is 0 Å². The van der Waals surface area contributed by atoms with Crippen LogP contribution in [0.3, 0.4) is 0 Å². The van der Waals surface area contributed by atoms with E-state index in [1.165, 1.54) is 6.07 Å². The topological polar surface area (TPSA) is 110 Å². The molecule has 0 saturated carbocycles. The Morgan fingerprint density at radius 1 is 1.27 bits per heavy atom. The molecule has 0 aliphatic carbocycles. The van der Waals surface area contributed by atoms with E-state index >= 15 is 4.39 Å². The van der Waals surface area contributed by atoms with Crippen molar-refractivity contribution in [1.82, 2.24) is 19.9 Å². The van der Waals surface area contributed by atoms with Gasteiger partial charge >= 0.3 is 0 Å². The highest BCUT2D eigenvalue weighted by Crippen LogP contribution is 2.32. The standard InChI is InChI=1S/C23H27FN6O3/c1-3-30(13(2)20-17(24)8-14(10-26-20)29-4-6-32-7-5-29)23(31)19-9-18-21(27-19)15-11-33-12-16(15)22(25)28-18/h8-10,13,27H,3-7,11-12H2,1-2H3,(H2,25,28)/t13-/m1/s1. The molecule has 0 aromatic carbocycles. The van der Waals surface area contributed by atoms with Crippen LogP contribution in [0.1, 0.15) is 47.2 Å². The first-order chi connectivity index (χ1) is 16.0. The third-order valence-corrected chi connectivity index (χ3v) is 6.43. The first-order valence-electron chi connectivity index (χ1n) is 11.1. The van der Waals surface area contributed by atoms with Gasteiger partial charge < -0.3 is 30.0 Å². The van der Waals surface area contributed by atoms with E-state index in [-0.39, 0.29) is 11.6 Å². The van der Waals surface area contributed by atoms with Crippen molar-refractivity contribution in [2.24, 2.45) is 0 Å². The Bertz CT molecular complexity index is 1210. The normalized spacial score (nSPS) is 16.8. The van der Waals surface area contributed by atoms with E-state index in [4.69, 9.17) is 15.2 Å². The number of halogens is 1. The number of morpholine rings is 1. The zero-order valence-electron chi connectivity index (χ0n) is 18.7. The molecule has 1 saturated heterocycles. The maximum atomic E-state index is 15.1. The van der Waals surface area contributed by atoms with Crippen LogP contribution < -0.4 is 10.6 Å². The fourth-order valence-corrected chi connectivity index (χ4v) is 4.59. The number of H-pyrrole nitrogens is 1. The van der Waals surface area contributed by atoms with E-state index in [0.29, 0.717) is 63.1 Å².